The highest BCUT2D eigenvalue weighted by Gasteiger charge is 2.11. The lowest BCUT2D eigenvalue weighted by Gasteiger charge is -2.13. The molecule has 0 unspecified atom stereocenters. The zero-order valence-corrected chi connectivity index (χ0v) is 16.2. The smallest absolute Gasteiger partial charge is 0.223 e. The minimum atomic E-state index is -0.590. The molecular formula is C21H20F2N2OS. The van der Waals surface area contributed by atoms with E-state index in [-0.39, 0.29) is 0 Å². The Labute approximate surface area is 161 Å². The van der Waals surface area contributed by atoms with Crippen molar-refractivity contribution in [3.05, 3.63) is 77.0 Å². The van der Waals surface area contributed by atoms with Crippen molar-refractivity contribution in [1.82, 2.24) is 9.97 Å². The van der Waals surface area contributed by atoms with Gasteiger partial charge in [-0.2, -0.15) is 4.98 Å². The van der Waals surface area contributed by atoms with Gasteiger partial charge in [0.15, 0.2) is 5.16 Å². The van der Waals surface area contributed by atoms with Crippen molar-refractivity contribution >= 4 is 11.8 Å². The van der Waals surface area contributed by atoms with E-state index in [1.165, 1.54) is 23.9 Å². The van der Waals surface area contributed by atoms with E-state index < -0.39 is 11.6 Å². The van der Waals surface area contributed by atoms with E-state index in [1.54, 1.807) is 6.07 Å². The van der Waals surface area contributed by atoms with Crippen LogP contribution in [0.4, 0.5) is 8.78 Å². The van der Waals surface area contributed by atoms with Gasteiger partial charge >= 0.3 is 0 Å². The Hall–Kier alpha value is -2.47. The van der Waals surface area contributed by atoms with Gasteiger partial charge in [0.05, 0.1) is 0 Å². The summed E-state index contributed by atoms with van der Waals surface area (Å²) in [5.41, 5.74) is 2.25. The number of hydrogen-bond acceptors (Lipinski definition) is 4. The van der Waals surface area contributed by atoms with E-state index >= 15 is 0 Å². The first-order valence-electron chi connectivity index (χ1n) is 8.61. The predicted octanol–water partition coefficient (Wildman–Crippen LogP) is 6.27. The molecular weight excluding hydrogens is 366 g/mol. The van der Waals surface area contributed by atoms with Gasteiger partial charge in [0, 0.05) is 23.6 Å². The molecule has 3 nitrogen and oxygen atoms in total. The second-order valence-corrected chi connectivity index (χ2v) is 7.39. The van der Waals surface area contributed by atoms with E-state index in [4.69, 9.17) is 4.74 Å². The number of hydrogen-bond donors (Lipinski definition) is 0. The monoisotopic (exact) mass is 386 g/mol. The van der Waals surface area contributed by atoms with Crippen molar-refractivity contribution in [3.63, 3.8) is 0 Å². The van der Waals surface area contributed by atoms with E-state index in [9.17, 15) is 8.78 Å². The summed E-state index contributed by atoms with van der Waals surface area (Å²) in [6.07, 6.45) is 0. The number of halogens is 2. The van der Waals surface area contributed by atoms with Crippen LogP contribution in [0.25, 0.3) is 0 Å². The van der Waals surface area contributed by atoms with Crippen molar-refractivity contribution in [2.24, 2.45) is 0 Å². The van der Waals surface area contributed by atoms with Crippen molar-refractivity contribution in [1.29, 1.82) is 0 Å². The molecule has 2 aromatic carbocycles. The summed E-state index contributed by atoms with van der Waals surface area (Å²) in [6.45, 7) is 6.06. The molecule has 0 aliphatic carbocycles. The third-order valence-corrected chi connectivity index (χ3v) is 4.83. The lowest BCUT2D eigenvalue weighted by atomic mass is 10.0. The fraction of sp³-hybridized carbons (Fsp3) is 0.238. The quantitative estimate of drug-likeness (QED) is 0.369. The molecule has 0 fully saturated rings. The van der Waals surface area contributed by atoms with E-state index in [1.807, 2.05) is 31.2 Å². The lowest BCUT2D eigenvalue weighted by Crippen LogP contribution is -1.98. The second-order valence-electron chi connectivity index (χ2n) is 6.45. The summed E-state index contributed by atoms with van der Waals surface area (Å²) in [5.74, 6) is 0.658. The number of nitrogens with zero attached hydrogens (tertiary/aromatic N) is 2. The summed E-state index contributed by atoms with van der Waals surface area (Å²) >= 11 is 1.28. The number of aromatic nitrogens is 2. The molecule has 0 atom stereocenters. The molecule has 6 heteroatoms. The molecule has 0 spiro atoms. The molecule has 0 radical (unpaired) electrons. The summed E-state index contributed by atoms with van der Waals surface area (Å²) in [5, 5.41) is 0.482. The standard InChI is InChI=1S/C21H20F2N2OS/c1-13(2)17-6-4-5-7-19(17)26-20-10-14(3)24-21(25-20)27-12-15-8-9-16(22)11-18(15)23/h4-11,13H,12H2,1-3H3. The van der Waals surface area contributed by atoms with Crippen LogP contribution in [0.15, 0.2) is 53.7 Å². The van der Waals surface area contributed by atoms with Crippen LogP contribution in [0.3, 0.4) is 0 Å². The third kappa shape index (κ3) is 5.04. The van der Waals surface area contributed by atoms with Crippen LogP contribution in [0.1, 0.15) is 36.6 Å². The highest BCUT2D eigenvalue weighted by Crippen LogP contribution is 2.31. The fourth-order valence-electron chi connectivity index (χ4n) is 2.57. The number of rotatable bonds is 6. The number of thioether (sulfide) groups is 1. The molecule has 0 saturated heterocycles. The van der Waals surface area contributed by atoms with Crippen LogP contribution < -0.4 is 4.74 Å². The largest absolute Gasteiger partial charge is 0.439 e. The van der Waals surface area contributed by atoms with Crippen molar-refractivity contribution in [2.45, 2.75) is 37.6 Å². The van der Waals surface area contributed by atoms with Crippen LogP contribution in [0, 0.1) is 18.6 Å². The Morgan fingerprint density at radius 1 is 1.04 bits per heavy atom. The molecule has 3 rings (SSSR count). The Kier molecular flexibility index (Phi) is 6.06. The minimum Gasteiger partial charge on any atom is -0.439 e. The van der Waals surface area contributed by atoms with Crippen LogP contribution in [-0.4, -0.2) is 9.97 Å². The van der Waals surface area contributed by atoms with Crippen LogP contribution >= 0.6 is 11.8 Å². The summed E-state index contributed by atoms with van der Waals surface area (Å²) in [7, 11) is 0. The van der Waals surface area contributed by atoms with Gasteiger partial charge in [-0.3, -0.25) is 0 Å². The molecule has 1 aromatic heterocycles. The van der Waals surface area contributed by atoms with Crippen molar-refractivity contribution in [2.75, 3.05) is 0 Å². The highest BCUT2D eigenvalue weighted by atomic mass is 32.2. The molecule has 140 valence electrons. The van der Waals surface area contributed by atoms with Gasteiger partial charge in [-0.25, -0.2) is 13.8 Å². The van der Waals surface area contributed by atoms with Gasteiger partial charge in [0.2, 0.25) is 5.88 Å². The van der Waals surface area contributed by atoms with E-state index in [0.29, 0.717) is 28.3 Å². The first-order valence-corrected chi connectivity index (χ1v) is 9.60. The topological polar surface area (TPSA) is 35.0 Å². The molecule has 27 heavy (non-hydrogen) atoms. The zero-order valence-electron chi connectivity index (χ0n) is 15.4. The average Bonchev–Trinajstić information content (AvgIpc) is 2.61. The molecule has 3 aromatic rings. The van der Waals surface area contributed by atoms with Gasteiger partial charge in [-0.15, -0.1) is 0 Å². The number of ether oxygens (including phenoxy) is 1. The summed E-state index contributed by atoms with van der Waals surface area (Å²) < 4.78 is 32.8. The van der Waals surface area contributed by atoms with Gasteiger partial charge < -0.3 is 4.74 Å². The van der Waals surface area contributed by atoms with Gasteiger partial charge in [0.1, 0.15) is 17.4 Å². The summed E-state index contributed by atoms with van der Waals surface area (Å²) in [4.78, 5) is 8.80. The fourth-order valence-corrected chi connectivity index (χ4v) is 3.46. The molecule has 0 aliphatic heterocycles. The normalized spacial score (nSPS) is 11.0. The van der Waals surface area contributed by atoms with Gasteiger partial charge in [0.25, 0.3) is 0 Å². The Bertz CT molecular complexity index is 947. The number of para-hydroxylation sites is 1. The first kappa shape index (κ1) is 19.3. The Balaban J connectivity index is 1.78. The van der Waals surface area contributed by atoms with Gasteiger partial charge in [-0.05, 0) is 36.1 Å². The molecule has 0 amide bonds. The second kappa shape index (κ2) is 8.48. The van der Waals surface area contributed by atoms with Crippen LogP contribution in [0.2, 0.25) is 0 Å². The maximum absolute atomic E-state index is 13.8. The highest BCUT2D eigenvalue weighted by molar-refractivity contribution is 7.98. The van der Waals surface area contributed by atoms with E-state index in [0.717, 1.165) is 23.1 Å². The number of aryl methyl sites for hydroxylation is 1. The molecule has 0 saturated carbocycles. The van der Waals surface area contributed by atoms with E-state index in [2.05, 4.69) is 23.8 Å². The maximum atomic E-state index is 13.8. The SMILES string of the molecule is Cc1cc(Oc2ccccc2C(C)C)nc(SCc2ccc(F)cc2F)n1. The Morgan fingerprint density at radius 2 is 1.81 bits per heavy atom. The maximum Gasteiger partial charge on any atom is 0.223 e. The molecule has 0 bridgehead atoms. The molecule has 0 aliphatic rings. The van der Waals surface area contributed by atoms with Crippen LogP contribution in [-0.2, 0) is 5.75 Å². The van der Waals surface area contributed by atoms with Gasteiger partial charge in [-0.1, -0.05) is 49.9 Å². The Morgan fingerprint density at radius 3 is 2.56 bits per heavy atom. The lowest BCUT2D eigenvalue weighted by molar-refractivity contribution is 0.446. The van der Waals surface area contributed by atoms with Crippen molar-refractivity contribution < 1.29 is 13.5 Å². The minimum absolute atomic E-state index is 0.303. The number of benzene rings is 2. The summed E-state index contributed by atoms with van der Waals surface area (Å²) in [6, 6.07) is 13.2. The average molecular weight is 386 g/mol. The predicted molar refractivity (Wildman–Crippen MR) is 103 cm³/mol. The third-order valence-electron chi connectivity index (χ3n) is 3.94. The van der Waals surface area contributed by atoms with Crippen molar-refractivity contribution in [3.8, 4) is 11.6 Å². The van der Waals surface area contributed by atoms with Crippen LogP contribution in [0.5, 0.6) is 11.6 Å². The molecule has 1 heterocycles. The molecule has 0 N–H and O–H groups in total. The first-order chi connectivity index (χ1) is 12.9. The zero-order chi connectivity index (χ0) is 19.4.